The van der Waals surface area contributed by atoms with Gasteiger partial charge in [-0.1, -0.05) is 6.07 Å². The van der Waals surface area contributed by atoms with Gasteiger partial charge >= 0.3 is 12.0 Å². The highest BCUT2D eigenvalue weighted by atomic mass is 16.5. The van der Waals surface area contributed by atoms with Gasteiger partial charge in [0.2, 0.25) is 0 Å². The zero-order valence-corrected chi connectivity index (χ0v) is 11.6. The van der Waals surface area contributed by atoms with E-state index in [9.17, 15) is 9.59 Å². The largest absolute Gasteiger partial charge is 0.497 e. The van der Waals surface area contributed by atoms with Crippen LogP contribution in [-0.2, 0) is 9.53 Å². The smallest absolute Gasteiger partial charge is 0.328 e. The minimum Gasteiger partial charge on any atom is -0.497 e. The number of carbonyl (C=O) groups is 2. The van der Waals surface area contributed by atoms with E-state index in [1.807, 2.05) is 0 Å². The molecule has 1 atom stereocenters. The number of methoxy groups -OCH3 is 2. The molecule has 0 bridgehead atoms. The van der Waals surface area contributed by atoms with Crippen molar-refractivity contribution in [3.05, 3.63) is 24.3 Å². The molecule has 0 radical (unpaired) electrons. The van der Waals surface area contributed by atoms with Crippen LogP contribution in [0.15, 0.2) is 24.3 Å². The van der Waals surface area contributed by atoms with Crippen molar-refractivity contribution in [1.82, 2.24) is 5.32 Å². The van der Waals surface area contributed by atoms with Gasteiger partial charge in [0.15, 0.2) is 6.04 Å². The SMILES string of the molecule is COCC(NC(=O)N(C)c1cccc(OC)c1)C(=O)O. The summed E-state index contributed by atoms with van der Waals surface area (Å²) in [6.07, 6.45) is 0. The molecule has 0 aliphatic rings. The van der Waals surface area contributed by atoms with Crippen LogP contribution in [0.3, 0.4) is 0 Å². The van der Waals surface area contributed by atoms with E-state index in [0.29, 0.717) is 11.4 Å². The Morgan fingerprint density at radius 3 is 2.65 bits per heavy atom. The Bertz CT molecular complexity index is 478. The van der Waals surface area contributed by atoms with Gasteiger partial charge in [0, 0.05) is 25.9 Å². The Kier molecular flexibility index (Phi) is 5.79. The summed E-state index contributed by atoms with van der Waals surface area (Å²) < 4.78 is 9.82. The molecule has 20 heavy (non-hydrogen) atoms. The molecule has 1 aromatic rings. The predicted molar refractivity (Wildman–Crippen MR) is 73.2 cm³/mol. The lowest BCUT2D eigenvalue weighted by molar-refractivity contribution is -0.140. The van der Waals surface area contributed by atoms with Gasteiger partial charge in [0.05, 0.1) is 13.7 Å². The molecule has 0 aromatic heterocycles. The van der Waals surface area contributed by atoms with Gasteiger partial charge in [0.25, 0.3) is 0 Å². The van der Waals surface area contributed by atoms with Crippen molar-refractivity contribution in [3.63, 3.8) is 0 Å². The Morgan fingerprint density at radius 1 is 1.40 bits per heavy atom. The van der Waals surface area contributed by atoms with Gasteiger partial charge in [-0.2, -0.15) is 0 Å². The fraction of sp³-hybridized carbons (Fsp3) is 0.385. The molecule has 0 aliphatic carbocycles. The molecule has 0 saturated carbocycles. The van der Waals surface area contributed by atoms with E-state index in [-0.39, 0.29) is 6.61 Å². The van der Waals surface area contributed by atoms with Crippen LogP contribution in [0, 0.1) is 0 Å². The number of hydrogen-bond acceptors (Lipinski definition) is 4. The monoisotopic (exact) mass is 282 g/mol. The third-order valence-corrected chi connectivity index (χ3v) is 2.67. The number of ether oxygens (including phenoxy) is 2. The van der Waals surface area contributed by atoms with Gasteiger partial charge in [-0.05, 0) is 12.1 Å². The molecule has 0 fully saturated rings. The summed E-state index contributed by atoms with van der Waals surface area (Å²) in [5.41, 5.74) is 0.586. The molecule has 0 heterocycles. The molecule has 1 unspecified atom stereocenters. The molecule has 2 amide bonds. The lowest BCUT2D eigenvalue weighted by Crippen LogP contribution is -2.48. The number of anilines is 1. The number of benzene rings is 1. The van der Waals surface area contributed by atoms with Gasteiger partial charge in [-0.3, -0.25) is 4.90 Å². The van der Waals surface area contributed by atoms with Crippen molar-refractivity contribution in [2.45, 2.75) is 6.04 Å². The Hall–Kier alpha value is -2.28. The molecular formula is C13H18N2O5. The second-order valence-electron chi connectivity index (χ2n) is 4.06. The Balaban J connectivity index is 2.77. The number of nitrogens with one attached hydrogen (secondary N) is 1. The van der Waals surface area contributed by atoms with Crippen LogP contribution in [-0.4, -0.2) is 51.0 Å². The van der Waals surface area contributed by atoms with Crippen molar-refractivity contribution >= 4 is 17.7 Å². The lowest BCUT2D eigenvalue weighted by atomic mass is 10.3. The minimum atomic E-state index is -1.15. The minimum absolute atomic E-state index is 0.104. The van der Waals surface area contributed by atoms with Crippen LogP contribution >= 0.6 is 0 Å². The van der Waals surface area contributed by atoms with Crippen molar-refractivity contribution in [1.29, 1.82) is 0 Å². The molecule has 2 N–H and O–H groups in total. The average molecular weight is 282 g/mol. The number of carbonyl (C=O) groups excluding carboxylic acids is 1. The van der Waals surface area contributed by atoms with E-state index in [1.54, 1.807) is 24.3 Å². The maximum atomic E-state index is 12.0. The molecule has 1 rings (SSSR count). The van der Waals surface area contributed by atoms with E-state index in [4.69, 9.17) is 14.6 Å². The topological polar surface area (TPSA) is 88.1 Å². The molecule has 110 valence electrons. The summed E-state index contributed by atoms with van der Waals surface area (Å²) in [5.74, 6) is -0.548. The number of nitrogens with zero attached hydrogens (tertiary/aromatic N) is 1. The average Bonchev–Trinajstić information content (AvgIpc) is 2.45. The van der Waals surface area contributed by atoms with Crippen LogP contribution in [0.1, 0.15) is 0 Å². The predicted octanol–water partition coefficient (Wildman–Crippen LogP) is 0.941. The van der Waals surface area contributed by atoms with Crippen molar-refractivity contribution in [2.75, 3.05) is 32.8 Å². The number of hydrogen-bond donors (Lipinski definition) is 2. The Labute approximate surface area is 117 Å². The van der Waals surface area contributed by atoms with E-state index in [2.05, 4.69) is 5.32 Å². The molecule has 7 heteroatoms. The first-order valence-corrected chi connectivity index (χ1v) is 5.89. The van der Waals surface area contributed by atoms with E-state index < -0.39 is 18.0 Å². The van der Waals surface area contributed by atoms with E-state index in [1.165, 1.54) is 26.2 Å². The summed E-state index contributed by atoms with van der Waals surface area (Å²) in [5, 5.41) is 11.3. The molecule has 0 saturated heterocycles. The number of carboxylic acid groups (broad SMARTS) is 1. The lowest BCUT2D eigenvalue weighted by Gasteiger charge is -2.21. The number of aliphatic carboxylic acids is 1. The molecule has 7 nitrogen and oxygen atoms in total. The molecule has 1 aromatic carbocycles. The summed E-state index contributed by atoms with van der Waals surface area (Å²) in [6.45, 7) is -0.104. The zero-order chi connectivity index (χ0) is 15.1. The maximum Gasteiger partial charge on any atom is 0.328 e. The number of rotatable bonds is 6. The van der Waals surface area contributed by atoms with Gasteiger partial charge < -0.3 is 19.9 Å². The summed E-state index contributed by atoms with van der Waals surface area (Å²) in [4.78, 5) is 24.2. The van der Waals surface area contributed by atoms with Crippen LogP contribution in [0.5, 0.6) is 5.75 Å². The first-order chi connectivity index (χ1) is 9.49. The summed E-state index contributed by atoms with van der Waals surface area (Å²) in [7, 11) is 4.43. The maximum absolute atomic E-state index is 12.0. The standard InChI is InChI=1S/C13H18N2O5/c1-15(9-5-4-6-10(7-9)20-3)13(18)14-11(8-19-2)12(16)17/h4-7,11H,8H2,1-3H3,(H,14,18)(H,16,17). The number of carboxylic acids is 1. The van der Waals surface area contributed by atoms with E-state index in [0.717, 1.165) is 0 Å². The molecule has 0 aliphatic heterocycles. The quantitative estimate of drug-likeness (QED) is 0.810. The van der Waals surface area contributed by atoms with Crippen molar-refractivity contribution in [3.8, 4) is 5.75 Å². The first-order valence-electron chi connectivity index (χ1n) is 5.89. The highest BCUT2D eigenvalue weighted by Crippen LogP contribution is 2.19. The highest BCUT2D eigenvalue weighted by Gasteiger charge is 2.22. The van der Waals surface area contributed by atoms with Crippen molar-refractivity contribution < 1.29 is 24.2 Å². The normalized spacial score (nSPS) is 11.6. The van der Waals surface area contributed by atoms with Gasteiger partial charge in [-0.15, -0.1) is 0 Å². The molecule has 0 spiro atoms. The van der Waals surface area contributed by atoms with Gasteiger partial charge in [-0.25, -0.2) is 9.59 Å². The van der Waals surface area contributed by atoms with Crippen LogP contribution in [0.2, 0.25) is 0 Å². The third kappa shape index (κ3) is 4.13. The zero-order valence-electron chi connectivity index (χ0n) is 11.6. The van der Waals surface area contributed by atoms with Crippen molar-refractivity contribution in [2.24, 2.45) is 0 Å². The van der Waals surface area contributed by atoms with Gasteiger partial charge in [0.1, 0.15) is 5.75 Å². The van der Waals surface area contributed by atoms with Crippen LogP contribution in [0.25, 0.3) is 0 Å². The summed E-state index contributed by atoms with van der Waals surface area (Å²) in [6, 6.07) is 5.24. The van der Waals surface area contributed by atoms with Crippen LogP contribution in [0.4, 0.5) is 10.5 Å². The third-order valence-electron chi connectivity index (χ3n) is 2.67. The second-order valence-corrected chi connectivity index (χ2v) is 4.06. The molecular weight excluding hydrogens is 264 g/mol. The second kappa shape index (κ2) is 7.34. The highest BCUT2D eigenvalue weighted by molar-refractivity contribution is 5.94. The Morgan fingerprint density at radius 2 is 2.10 bits per heavy atom. The van der Waals surface area contributed by atoms with Crippen LogP contribution < -0.4 is 15.0 Å². The van der Waals surface area contributed by atoms with E-state index >= 15 is 0 Å². The number of amides is 2. The first kappa shape index (κ1) is 15.8. The summed E-state index contributed by atoms with van der Waals surface area (Å²) >= 11 is 0. The fourth-order valence-electron chi connectivity index (χ4n) is 1.52. The fourth-order valence-corrected chi connectivity index (χ4v) is 1.52. The number of urea groups is 1.